The van der Waals surface area contributed by atoms with E-state index in [0.29, 0.717) is 5.92 Å². The van der Waals surface area contributed by atoms with E-state index in [9.17, 15) is 0 Å². The number of benzene rings is 12. The van der Waals surface area contributed by atoms with Gasteiger partial charge in [-0.25, -0.2) is 0 Å². The number of nitrogens with zero attached hydrogens (tertiary/aromatic N) is 2. The summed E-state index contributed by atoms with van der Waals surface area (Å²) in [5, 5.41) is 15.5. The Kier molecular flexibility index (Phi) is 8.82. The lowest BCUT2D eigenvalue weighted by Crippen LogP contribution is -2.15. The highest BCUT2D eigenvalue weighted by atomic mass is 16.3. The van der Waals surface area contributed by atoms with Crippen LogP contribution in [0.4, 0.5) is 34.1 Å². The molecule has 0 saturated heterocycles. The summed E-state index contributed by atoms with van der Waals surface area (Å²) >= 11 is 0. The van der Waals surface area contributed by atoms with E-state index in [-0.39, 0.29) is 0 Å². The van der Waals surface area contributed by atoms with E-state index < -0.39 is 0 Å². The van der Waals surface area contributed by atoms with Crippen LogP contribution in [0.25, 0.3) is 120 Å². The predicted octanol–water partition coefficient (Wildman–Crippen LogP) is 21.2. The molecule has 6 heteroatoms. The molecule has 1 aliphatic carbocycles. The van der Waals surface area contributed by atoms with Crippen molar-refractivity contribution < 1.29 is 17.7 Å². The van der Waals surface area contributed by atoms with Crippen molar-refractivity contribution >= 4 is 154 Å². The standard InChI is InChI=1S/C70H46N2O4/c1-2-16-41(17-3-1)44-38-42-34-36-53-59(71(55-26-12-22-49-45-18-4-8-30-61(45)73-67(49)55)56-27-13-23-50-46-19-5-9-31-62(46)74-68(50)56)40-60(54-37-35-43(39-44)65(42)66(53)54)72(57-28-14-24-51-47-20-6-10-32-63(47)75-69(51)57)58-29-15-25-52-48-21-7-11-33-64(48)76-70(52)58/h4-15,18-41H,1-3,16-17H2. The van der Waals surface area contributed by atoms with Gasteiger partial charge in [-0.05, 0) is 95.1 Å². The molecule has 1 aliphatic rings. The van der Waals surface area contributed by atoms with Gasteiger partial charge >= 0.3 is 0 Å². The molecule has 16 aromatic rings. The summed E-state index contributed by atoms with van der Waals surface area (Å²) in [5.74, 6) is 0.551. The fourth-order valence-electron chi connectivity index (χ4n) is 13.4. The topological polar surface area (TPSA) is 59.0 Å². The van der Waals surface area contributed by atoms with Gasteiger partial charge in [-0.3, -0.25) is 0 Å². The van der Waals surface area contributed by atoms with E-state index in [1.54, 1.807) is 0 Å². The third-order valence-corrected chi connectivity index (χ3v) is 16.8. The average molecular weight is 979 g/mol. The molecule has 0 radical (unpaired) electrons. The number of furan rings is 4. The van der Waals surface area contributed by atoms with Gasteiger partial charge in [0.15, 0.2) is 22.3 Å². The van der Waals surface area contributed by atoms with Gasteiger partial charge in [0.2, 0.25) is 0 Å². The Balaban J connectivity index is 1.05. The van der Waals surface area contributed by atoms with Crippen molar-refractivity contribution in [3.63, 3.8) is 0 Å². The first kappa shape index (κ1) is 41.9. The fraction of sp³-hybridized carbons (Fsp3) is 0.0857. The Bertz CT molecular complexity index is 4500. The monoisotopic (exact) mass is 978 g/mol. The van der Waals surface area contributed by atoms with Gasteiger partial charge in [0.25, 0.3) is 0 Å². The van der Waals surface area contributed by atoms with Crippen molar-refractivity contribution in [3.8, 4) is 0 Å². The summed E-state index contributed by atoms with van der Waals surface area (Å²) in [6.07, 6.45) is 6.33. The van der Waals surface area contributed by atoms with Crippen LogP contribution in [0.15, 0.2) is 230 Å². The first-order chi connectivity index (χ1) is 37.7. The second-order valence-corrected chi connectivity index (χ2v) is 20.9. The van der Waals surface area contributed by atoms with Crippen LogP contribution >= 0.6 is 0 Å². The lowest BCUT2D eigenvalue weighted by Gasteiger charge is -2.32. The van der Waals surface area contributed by atoms with E-state index in [1.165, 1.54) is 59.2 Å². The third-order valence-electron chi connectivity index (χ3n) is 16.8. The van der Waals surface area contributed by atoms with Crippen LogP contribution < -0.4 is 9.80 Å². The molecule has 0 N–H and O–H groups in total. The highest BCUT2D eigenvalue weighted by Crippen LogP contribution is 2.55. The molecule has 76 heavy (non-hydrogen) atoms. The summed E-state index contributed by atoms with van der Waals surface area (Å²) in [6.45, 7) is 0. The second-order valence-electron chi connectivity index (χ2n) is 20.9. The van der Waals surface area contributed by atoms with Gasteiger partial charge in [-0.1, -0.05) is 177 Å². The number of para-hydroxylation sites is 8. The molecular weight excluding hydrogens is 933 g/mol. The second kappa shape index (κ2) is 16.0. The summed E-state index contributed by atoms with van der Waals surface area (Å²) in [4.78, 5) is 4.81. The zero-order chi connectivity index (χ0) is 49.6. The van der Waals surface area contributed by atoms with Crippen LogP contribution in [0.3, 0.4) is 0 Å². The lowest BCUT2D eigenvalue weighted by atomic mass is 9.82. The van der Waals surface area contributed by atoms with Gasteiger partial charge < -0.3 is 27.5 Å². The van der Waals surface area contributed by atoms with Crippen LogP contribution in [0, 0.1) is 0 Å². The number of hydrogen-bond donors (Lipinski definition) is 0. The number of anilines is 6. The highest BCUT2D eigenvalue weighted by Gasteiger charge is 2.31. The molecule has 4 heterocycles. The normalized spacial score (nSPS) is 13.7. The first-order valence-electron chi connectivity index (χ1n) is 26.7. The lowest BCUT2D eigenvalue weighted by molar-refractivity contribution is 0.444. The Labute approximate surface area is 435 Å². The largest absolute Gasteiger partial charge is 0.454 e. The zero-order valence-corrected chi connectivity index (χ0v) is 41.3. The molecule has 6 nitrogen and oxygen atoms in total. The highest BCUT2D eigenvalue weighted by molar-refractivity contribution is 6.30. The van der Waals surface area contributed by atoms with Gasteiger partial charge in [0.05, 0.1) is 34.1 Å². The zero-order valence-electron chi connectivity index (χ0n) is 41.3. The molecule has 0 bridgehead atoms. The minimum atomic E-state index is 0.551. The van der Waals surface area contributed by atoms with Crippen molar-refractivity contribution in [1.29, 1.82) is 0 Å². The Hall–Kier alpha value is -9.52. The van der Waals surface area contributed by atoms with E-state index in [1.807, 2.05) is 24.3 Å². The van der Waals surface area contributed by atoms with Crippen molar-refractivity contribution in [2.75, 3.05) is 9.80 Å². The third kappa shape index (κ3) is 5.98. The van der Waals surface area contributed by atoms with Gasteiger partial charge in [-0.2, -0.15) is 0 Å². The number of rotatable bonds is 7. The smallest absolute Gasteiger partial charge is 0.159 e. The maximum atomic E-state index is 7.04. The molecular formula is C70H46N2O4. The maximum absolute atomic E-state index is 7.04. The molecule has 1 fully saturated rings. The van der Waals surface area contributed by atoms with Crippen molar-refractivity contribution in [2.45, 2.75) is 38.0 Å². The molecule has 17 rings (SSSR count). The number of hydrogen-bond acceptors (Lipinski definition) is 6. The SMILES string of the molecule is c1ccc2c(c1)oc1c(N(c3cc(N(c4cccc5c4oc4ccccc45)c4cccc5c4oc4ccccc45)c4ccc5cc(C6CCCCC6)cc6ccc3c4c65)c3cccc4c3oc3ccccc34)cccc12. The van der Waals surface area contributed by atoms with Crippen LogP contribution in [0.2, 0.25) is 0 Å². The Morgan fingerprint density at radius 1 is 0.276 bits per heavy atom. The van der Waals surface area contributed by atoms with Crippen LogP contribution in [0.5, 0.6) is 0 Å². The molecule has 0 spiro atoms. The average Bonchev–Trinajstić information content (AvgIpc) is 4.28. The molecule has 0 unspecified atom stereocenters. The van der Waals surface area contributed by atoms with Crippen LogP contribution in [0.1, 0.15) is 43.6 Å². The molecule has 4 aromatic heterocycles. The summed E-state index contributed by atoms with van der Waals surface area (Å²) in [7, 11) is 0. The summed E-state index contributed by atoms with van der Waals surface area (Å²) in [5.41, 5.74) is 13.4. The fourth-order valence-corrected chi connectivity index (χ4v) is 13.4. The van der Waals surface area contributed by atoms with Gasteiger partial charge in [-0.15, -0.1) is 0 Å². The van der Waals surface area contributed by atoms with Crippen molar-refractivity contribution in [2.24, 2.45) is 0 Å². The van der Waals surface area contributed by atoms with Crippen molar-refractivity contribution in [1.82, 2.24) is 0 Å². The van der Waals surface area contributed by atoms with Crippen molar-refractivity contribution in [3.05, 3.63) is 218 Å². The van der Waals surface area contributed by atoms with E-state index in [0.717, 1.165) is 133 Å². The minimum absolute atomic E-state index is 0.551. The summed E-state index contributed by atoms with van der Waals surface area (Å²) < 4.78 is 28.1. The Morgan fingerprint density at radius 2 is 0.618 bits per heavy atom. The predicted molar refractivity (Wildman–Crippen MR) is 314 cm³/mol. The number of fused-ring (bicyclic) bond motifs is 12. The molecule has 0 aliphatic heterocycles. The van der Waals surface area contributed by atoms with E-state index in [2.05, 4.69) is 198 Å². The van der Waals surface area contributed by atoms with E-state index in [4.69, 9.17) is 17.7 Å². The molecule has 0 amide bonds. The van der Waals surface area contributed by atoms with Gasteiger partial charge in [0.1, 0.15) is 22.3 Å². The quantitative estimate of drug-likeness (QED) is 0.148. The van der Waals surface area contributed by atoms with Crippen LogP contribution in [-0.2, 0) is 0 Å². The van der Waals surface area contributed by atoms with Gasteiger partial charge in [0, 0.05) is 59.2 Å². The molecule has 12 aromatic carbocycles. The molecule has 0 atom stereocenters. The van der Waals surface area contributed by atoms with E-state index >= 15 is 0 Å². The first-order valence-corrected chi connectivity index (χ1v) is 26.7. The minimum Gasteiger partial charge on any atom is -0.454 e. The molecule has 1 saturated carbocycles. The Morgan fingerprint density at radius 3 is 0.987 bits per heavy atom. The van der Waals surface area contributed by atoms with Crippen LogP contribution in [-0.4, -0.2) is 0 Å². The summed E-state index contributed by atoms with van der Waals surface area (Å²) in [6, 6.07) is 76.4. The maximum Gasteiger partial charge on any atom is 0.159 e. The molecule has 360 valence electrons.